The molecule has 5 nitrogen and oxygen atoms in total. The molecule has 0 radical (unpaired) electrons. The van der Waals surface area contributed by atoms with E-state index in [1.807, 2.05) is 6.92 Å². The fourth-order valence-corrected chi connectivity index (χ4v) is 1.52. The number of pyridine rings is 1. The van der Waals surface area contributed by atoms with Crippen LogP contribution in [0.25, 0.3) is 0 Å². The summed E-state index contributed by atoms with van der Waals surface area (Å²) in [6.07, 6.45) is 0. The molecule has 0 bridgehead atoms. The molecule has 1 rings (SSSR count). The Morgan fingerprint density at radius 1 is 1.41 bits per heavy atom. The smallest absolute Gasteiger partial charge is 0.341 e. The number of rotatable bonds is 6. The van der Waals surface area contributed by atoms with E-state index in [9.17, 15) is 4.79 Å². The molecule has 1 aromatic heterocycles. The predicted molar refractivity (Wildman–Crippen MR) is 62.7 cm³/mol. The second-order valence-corrected chi connectivity index (χ2v) is 3.57. The van der Waals surface area contributed by atoms with Crippen molar-refractivity contribution in [2.75, 3.05) is 19.8 Å². The van der Waals surface area contributed by atoms with Crippen LogP contribution in [0.4, 0.5) is 0 Å². The molecule has 1 heterocycles. The van der Waals surface area contributed by atoms with Crippen LogP contribution in [0.15, 0.2) is 6.07 Å². The molecule has 0 spiro atoms. The van der Waals surface area contributed by atoms with Crippen molar-refractivity contribution < 1.29 is 19.4 Å². The van der Waals surface area contributed by atoms with Crippen molar-refractivity contribution in [1.82, 2.24) is 4.98 Å². The van der Waals surface area contributed by atoms with Crippen molar-refractivity contribution in [3.8, 4) is 5.75 Å². The minimum absolute atomic E-state index is 0.118. The Morgan fingerprint density at radius 3 is 2.71 bits per heavy atom. The standard InChI is InChI=1S/C12H17NO4/c1-4-16-5-6-17-10-7-8(2)13-9(3)11(10)12(14)15/h7H,4-6H2,1-3H3,(H,14,15). The summed E-state index contributed by atoms with van der Waals surface area (Å²) >= 11 is 0. The number of aryl methyl sites for hydroxylation is 2. The van der Waals surface area contributed by atoms with E-state index in [0.717, 1.165) is 5.69 Å². The van der Waals surface area contributed by atoms with E-state index in [0.29, 0.717) is 31.3 Å². The van der Waals surface area contributed by atoms with E-state index < -0.39 is 5.97 Å². The molecule has 0 saturated heterocycles. The van der Waals surface area contributed by atoms with Gasteiger partial charge in [-0.15, -0.1) is 0 Å². The number of hydrogen-bond acceptors (Lipinski definition) is 4. The van der Waals surface area contributed by atoms with Crippen LogP contribution in [0, 0.1) is 13.8 Å². The van der Waals surface area contributed by atoms with Crippen LogP contribution in [0.5, 0.6) is 5.75 Å². The number of ether oxygens (including phenoxy) is 2. The van der Waals surface area contributed by atoms with Crippen molar-refractivity contribution in [2.45, 2.75) is 20.8 Å². The van der Waals surface area contributed by atoms with E-state index in [-0.39, 0.29) is 5.56 Å². The molecule has 0 aromatic carbocycles. The normalized spacial score (nSPS) is 10.3. The van der Waals surface area contributed by atoms with Crippen LogP contribution < -0.4 is 4.74 Å². The van der Waals surface area contributed by atoms with Gasteiger partial charge in [-0.3, -0.25) is 4.98 Å². The van der Waals surface area contributed by atoms with Crippen molar-refractivity contribution in [2.24, 2.45) is 0 Å². The van der Waals surface area contributed by atoms with Gasteiger partial charge < -0.3 is 14.6 Å². The van der Waals surface area contributed by atoms with Gasteiger partial charge >= 0.3 is 5.97 Å². The van der Waals surface area contributed by atoms with Gasteiger partial charge in [-0.2, -0.15) is 0 Å². The van der Waals surface area contributed by atoms with Crippen molar-refractivity contribution in [3.63, 3.8) is 0 Å². The zero-order valence-corrected chi connectivity index (χ0v) is 10.3. The lowest BCUT2D eigenvalue weighted by Gasteiger charge is -2.11. The monoisotopic (exact) mass is 239 g/mol. The van der Waals surface area contributed by atoms with Crippen LogP contribution in [0.3, 0.4) is 0 Å². The Morgan fingerprint density at radius 2 is 2.12 bits per heavy atom. The van der Waals surface area contributed by atoms with Crippen molar-refractivity contribution in [3.05, 3.63) is 23.0 Å². The SMILES string of the molecule is CCOCCOc1cc(C)nc(C)c1C(=O)O. The Kier molecular flexibility index (Phi) is 4.90. The Labute approximate surface area is 100 Å². The third kappa shape index (κ3) is 3.71. The first-order chi connectivity index (χ1) is 8.06. The molecule has 0 aliphatic heterocycles. The fourth-order valence-electron chi connectivity index (χ4n) is 1.52. The topological polar surface area (TPSA) is 68.7 Å². The lowest BCUT2D eigenvalue weighted by atomic mass is 10.1. The molecule has 0 atom stereocenters. The lowest BCUT2D eigenvalue weighted by molar-refractivity contribution is 0.0685. The van der Waals surface area contributed by atoms with Gasteiger partial charge in [-0.1, -0.05) is 0 Å². The van der Waals surface area contributed by atoms with Gasteiger partial charge in [0.1, 0.15) is 17.9 Å². The van der Waals surface area contributed by atoms with Crippen LogP contribution in [-0.4, -0.2) is 35.9 Å². The first-order valence-corrected chi connectivity index (χ1v) is 5.48. The van der Waals surface area contributed by atoms with Crippen molar-refractivity contribution in [1.29, 1.82) is 0 Å². The first kappa shape index (κ1) is 13.4. The number of carbonyl (C=O) groups is 1. The summed E-state index contributed by atoms with van der Waals surface area (Å²) in [7, 11) is 0. The van der Waals surface area contributed by atoms with Crippen LogP contribution in [-0.2, 0) is 4.74 Å². The third-order valence-corrected chi connectivity index (χ3v) is 2.20. The van der Waals surface area contributed by atoms with Crippen LogP contribution >= 0.6 is 0 Å². The molecular formula is C12H17NO4. The summed E-state index contributed by atoms with van der Waals surface area (Å²) < 4.78 is 10.5. The fraction of sp³-hybridized carbons (Fsp3) is 0.500. The molecule has 1 aromatic rings. The maximum absolute atomic E-state index is 11.1. The molecule has 0 aliphatic rings. The molecule has 0 amide bonds. The minimum atomic E-state index is -1.03. The summed E-state index contributed by atoms with van der Waals surface area (Å²) in [4.78, 5) is 15.2. The maximum Gasteiger partial charge on any atom is 0.341 e. The van der Waals surface area contributed by atoms with Crippen LogP contribution in [0.1, 0.15) is 28.7 Å². The molecule has 0 aliphatic carbocycles. The Balaban J connectivity index is 2.85. The molecule has 17 heavy (non-hydrogen) atoms. The summed E-state index contributed by atoms with van der Waals surface area (Å²) in [5, 5.41) is 9.09. The number of nitrogens with zero attached hydrogens (tertiary/aromatic N) is 1. The predicted octanol–water partition coefficient (Wildman–Crippen LogP) is 1.81. The first-order valence-electron chi connectivity index (χ1n) is 5.48. The Hall–Kier alpha value is -1.62. The zero-order valence-electron chi connectivity index (χ0n) is 10.3. The van der Waals surface area contributed by atoms with Gasteiger partial charge in [-0.25, -0.2) is 4.79 Å². The second-order valence-electron chi connectivity index (χ2n) is 3.57. The maximum atomic E-state index is 11.1. The highest BCUT2D eigenvalue weighted by atomic mass is 16.5. The third-order valence-electron chi connectivity index (χ3n) is 2.20. The second kappa shape index (κ2) is 6.20. The highest BCUT2D eigenvalue weighted by Crippen LogP contribution is 2.22. The quantitative estimate of drug-likeness (QED) is 0.767. The molecule has 1 N–H and O–H groups in total. The number of aromatic nitrogens is 1. The zero-order chi connectivity index (χ0) is 12.8. The van der Waals surface area contributed by atoms with E-state index >= 15 is 0 Å². The lowest BCUT2D eigenvalue weighted by Crippen LogP contribution is -2.11. The van der Waals surface area contributed by atoms with E-state index in [2.05, 4.69) is 4.98 Å². The molecule has 0 unspecified atom stereocenters. The van der Waals surface area contributed by atoms with E-state index in [1.165, 1.54) is 0 Å². The Bertz CT molecular complexity index is 404. The highest BCUT2D eigenvalue weighted by molar-refractivity contribution is 5.92. The average Bonchev–Trinajstić information content (AvgIpc) is 2.22. The average molecular weight is 239 g/mol. The van der Waals surface area contributed by atoms with Crippen molar-refractivity contribution >= 4 is 5.97 Å². The van der Waals surface area contributed by atoms with Crippen LogP contribution in [0.2, 0.25) is 0 Å². The van der Waals surface area contributed by atoms with Gasteiger partial charge in [0.05, 0.1) is 12.3 Å². The molecule has 0 saturated carbocycles. The van der Waals surface area contributed by atoms with Gasteiger partial charge in [0, 0.05) is 18.4 Å². The number of hydrogen-bond donors (Lipinski definition) is 1. The molecule has 94 valence electrons. The summed E-state index contributed by atoms with van der Waals surface area (Å²) in [5.41, 5.74) is 1.31. The largest absolute Gasteiger partial charge is 0.490 e. The number of carboxylic acid groups (broad SMARTS) is 1. The van der Waals surface area contributed by atoms with E-state index in [4.69, 9.17) is 14.6 Å². The van der Waals surface area contributed by atoms with Gasteiger partial charge in [0.2, 0.25) is 0 Å². The van der Waals surface area contributed by atoms with Gasteiger partial charge in [-0.05, 0) is 20.8 Å². The number of aromatic carboxylic acids is 1. The minimum Gasteiger partial charge on any atom is -0.490 e. The molecule has 0 fully saturated rings. The summed E-state index contributed by atoms with van der Waals surface area (Å²) in [6.45, 7) is 6.74. The number of carboxylic acids is 1. The van der Waals surface area contributed by atoms with E-state index in [1.54, 1.807) is 19.9 Å². The van der Waals surface area contributed by atoms with Gasteiger partial charge in [0.15, 0.2) is 0 Å². The summed E-state index contributed by atoms with van der Waals surface area (Å²) in [5.74, 6) is -0.677. The molecule has 5 heteroatoms. The van der Waals surface area contributed by atoms with Gasteiger partial charge in [0.25, 0.3) is 0 Å². The highest BCUT2D eigenvalue weighted by Gasteiger charge is 2.16. The molecular weight excluding hydrogens is 222 g/mol. The summed E-state index contributed by atoms with van der Waals surface area (Å²) in [6, 6.07) is 1.63.